The lowest BCUT2D eigenvalue weighted by molar-refractivity contribution is 0.800. The Morgan fingerprint density at radius 3 is 2.69 bits per heavy atom. The molecule has 0 amide bonds. The van der Waals surface area contributed by atoms with E-state index >= 15 is 0 Å². The number of hydrogen-bond donors (Lipinski definition) is 1. The summed E-state index contributed by atoms with van der Waals surface area (Å²) in [6, 6.07) is 10.4. The van der Waals surface area contributed by atoms with Crippen molar-refractivity contribution in [2.75, 3.05) is 11.9 Å². The minimum Gasteiger partial charge on any atom is -0.368 e. The van der Waals surface area contributed by atoms with Crippen LogP contribution in [0.5, 0.6) is 0 Å². The molecule has 0 spiro atoms. The Bertz CT molecular complexity index is 414. The van der Waals surface area contributed by atoms with E-state index in [1.54, 1.807) is 18.6 Å². The number of rotatable bonds is 4. The van der Waals surface area contributed by atoms with Crippen LogP contribution in [0.2, 0.25) is 0 Å². The zero-order valence-electron chi connectivity index (χ0n) is 9.30. The van der Waals surface area contributed by atoms with E-state index < -0.39 is 0 Å². The van der Waals surface area contributed by atoms with Crippen LogP contribution in [0, 0.1) is 0 Å². The van der Waals surface area contributed by atoms with Crippen LogP contribution in [0.25, 0.3) is 0 Å². The van der Waals surface area contributed by atoms with E-state index in [2.05, 4.69) is 46.5 Å². The van der Waals surface area contributed by atoms with Gasteiger partial charge in [-0.25, -0.2) is 4.98 Å². The van der Waals surface area contributed by atoms with E-state index in [-0.39, 0.29) is 0 Å². The first-order chi connectivity index (χ1) is 7.86. The summed E-state index contributed by atoms with van der Waals surface area (Å²) >= 11 is 0. The van der Waals surface area contributed by atoms with Gasteiger partial charge in [-0.3, -0.25) is 4.98 Å². The van der Waals surface area contributed by atoms with Crippen LogP contribution in [-0.4, -0.2) is 16.5 Å². The molecule has 0 radical (unpaired) electrons. The molecule has 0 bridgehead atoms. The molecule has 1 atom stereocenters. The SMILES string of the molecule is CC(CNc1cnccn1)c1ccccc1. The largest absolute Gasteiger partial charge is 0.368 e. The highest BCUT2D eigenvalue weighted by molar-refractivity contribution is 5.31. The highest BCUT2D eigenvalue weighted by Crippen LogP contribution is 2.14. The van der Waals surface area contributed by atoms with Crippen LogP contribution < -0.4 is 5.32 Å². The van der Waals surface area contributed by atoms with Crippen molar-refractivity contribution in [2.45, 2.75) is 12.8 Å². The predicted octanol–water partition coefficient (Wildman–Crippen LogP) is 2.69. The minimum atomic E-state index is 0.461. The van der Waals surface area contributed by atoms with Crippen molar-refractivity contribution in [3.63, 3.8) is 0 Å². The van der Waals surface area contributed by atoms with Crippen molar-refractivity contribution < 1.29 is 0 Å². The second-order valence-corrected chi connectivity index (χ2v) is 3.78. The Kier molecular flexibility index (Phi) is 3.49. The maximum atomic E-state index is 4.17. The lowest BCUT2D eigenvalue weighted by Crippen LogP contribution is -2.10. The van der Waals surface area contributed by atoms with Crippen LogP contribution in [-0.2, 0) is 0 Å². The van der Waals surface area contributed by atoms with E-state index in [4.69, 9.17) is 0 Å². The summed E-state index contributed by atoms with van der Waals surface area (Å²) in [5, 5.41) is 3.27. The summed E-state index contributed by atoms with van der Waals surface area (Å²) in [6.07, 6.45) is 5.10. The van der Waals surface area contributed by atoms with Gasteiger partial charge in [0, 0.05) is 18.9 Å². The third kappa shape index (κ3) is 2.79. The molecule has 1 aromatic carbocycles. The minimum absolute atomic E-state index is 0.461. The quantitative estimate of drug-likeness (QED) is 0.848. The molecule has 0 aliphatic heterocycles. The first-order valence-corrected chi connectivity index (χ1v) is 5.41. The lowest BCUT2D eigenvalue weighted by atomic mass is 10.0. The van der Waals surface area contributed by atoms with Crippen LogP contribution in [0.3, 0.4) is 0 Å². The highest BCUT2D eigenvalue weighted by atomic mass is 15.0. The van der Waals surface area contributed by atoms with Crippen molar-refractivity contribution in [1.29, 1.82) is 0 Å². The fraction of sp³-hybridized carbons (Fsp3) is 0.231. The van der Waals surface area contributed by atoms with E-state index in [0.29, 0.717) is 5.92 Å². The van der Waals surface area contributed by atoms with E-state index in [9.17, 15) is 0 Å². The lowest BCUT2D eigenvalue weighted by Gasteiger charge is -2.12. The van der Waals surface area contributed by atoms with Gasteiger partial charge in [0.25, 0.3) is 0 Å². The molecule has 0 aliphatic carbocycles. The number of hydrogen-bond acceptors (Lipinski definition) is 3. The van der Waals surface area contributed by atoms with Crippen LogP contribution in [0.4, 0.5) is 5.82 Å². The maximum Gasteiger partial charge on any atom is 0.144 e. The summed E-state index contributed by atoms with van der Waals surface area (Å²) < 4.78 is 0. The van der Waals surface area contributed by atoms with Gasteiger partial charge in [0.15, 0.2) is 0 Å². The van der Waals surface area contributed by atoms with Crippen molar-refractivity contribution in [1.82, 2.24) is 9.97 Å². The van der Waals surface area contributed by atoms with Gasteiger partial charge in [-0.15, -0.1) is 0 Å². The van der Waals surface area contributed by atoms with E-state index in [1.165, 1.54) is 5.56 Å². The Hall–Kier alpha value is -1.90. The predicted molar refractivity (Wildman–Crippen MR) is 65.4 cm³/mol. The summed E-state index contributed by atoms with van der Waals surface area (Å²) in [5.74, 6) is 1.29. The van der Waals surface area contributed by atoms with Gasteiger partial charge < -0.3 is 5.32 Å². The average Bonchev–Trinajstić information content (AvgIpc) is 2.38. The van der Waals surface area contributed by atoms with Crippen molar-refractivity contribution >= 4 is 5.82 Å². The Morgan fingerprint density at radius 1 is 1.19 bits per heavy atom. The molecule has 2 rings (SSSR count). The third-order valence-electron chi connectivity index (χ3n) is 2.52. The van der Waals surface area contributed by atoms with Crippen molar-refractivity contribution in [3.05, 3.63) is 54.5 Å². The zero-order valence-corrected chi connectivity index (χ0v) is 9.30. The van der Waals surface area contributed by atoms with Crippen LogP contribution >= 0.6 is 0 Å². The summed E-state index contributed by atoms with van der Waals surface area (Å²) in [7, 11) is 0. The fourth-order valence-corrected chi connectivity index (χ4v) is 1.55. The van der Waals surface area contributed by atoms with Gasteiger partial charge >= 0.3 is 0 Å². The Balaban J connectivity index is 1.92. The summed E-state index contributed by atoms with van der Waals surface area (Å²) in [5.41, 5.74) is 1.33. The molecule has 0 saturated carbocycles. The molecule has 1 unspecified atom stereocenters. The average molecular weight is 213 g/mol. The molecule has 1 aromatic heterocycles. The molecule has 1 heterocycles. The molecular weight excluding hydrogens is 198 g/mol. The highest BCUT2D eigenvalue weighted by Gasteiger charge is 2.04. The monoisotopic (exact) mass is 213 g/mol. The van der Waals surface area contributed by atoms with Gasteiger partial charge in [-0.05, 0) is 11.5 Å². The van der Waals surface area contributed by atoms with E-state index in [1.807, 2.05) is 6.07 Å². The number of benzene rings is 1. The molecular formula is C13H15N3. The van der Waals surface area contributed by atoms with Gasteiger partial charge in [-0.2, -0.15) is 0 Å². The molecule has 2 aromatic rings. The number of anilines is 1. The first-order valence-electron chi connectivity index (χ1n) is 5.41. The van der Waals surface area contributed by atoms with Gasteiger partial charge in [0.2, 0.25) is 0 Å². The maximum absolute atomic E-state index is 4.17. The van der Waals surface area contributed by atoms with Crippen molar-refractivity contribution in [2.24, 2.45) is 0 Å². The molecule has 3 heteroatoms. The summed E-state index contributed by atoms with van der Waals surface area (Å²) in [4.78, 5) is 8.18. The Morgan fingerprint density at radius 2 is 2.00 bits per heavy atom. The molecule has 0 fully saturated rings. The molecule has 16 heavy (non-hydrogen) atoms. The second-order valence-electron chi connectivity index (χ2n) is 3.78. The molecule has 0 aliphatic rings. The van der Waals surface area contributed by atoms with Gasteiger partial charge in [-0.1, -0.05) is 37.3 Å². The zero-order chi connectivity index (χ0) is 11.2. The fourth-order valence-electron chi connectivity index (χ4n) is 1.55. The molecule has 1 N–H and O–H groups in total. The standard InChI is InChI=1S/C13H15N3/c1-11(12-5-3-2-4-6-12)9-16-13-10-14-7-8-15-13/h2-8,10-11H,9H2,1H3,(H,15,16). The second kappa shape index (κ2) is 5.26. The van der Waals surface area contributed by atoms with Crippen molar-refractivity contribution in [3.8, 4) is 0 Å². The smallest absolute Gasteiger partial charge is 0.144 e. The summed E-state index contributed by atoms with van der Waals surface area (Å²) in [6.45, 7) is 3.06. The molecule has 3 nitrogen and oxygen atoms in total. The Labute approximate surface area is 95.6 Å². The van der Waals surface area contributed by atoms with Crippen LogP contribution in [0.1, 0.15) is 18.4 Å². The number of nitrogens with one attached hydrogen (secondary N) is 1. The van der Waals surface area contributed by atoms with Crippen LogP contribution in [0.15, 0.2) is 48.9 Å². The number of nitrogens with zero attached hydrogens (tertiary/aromatic N) is 2. The first kappa shape index (κ1) is 10.6. The molecule has 0 saturated heterocycles. The normalized spacial score (nSPS) is 12.1. The van der Waals surface area contributed by atoms with Gasteiger partial charge in [0.05, 0.1) is 6.20 Å². The number of aromatic nitrogens is 2. The topological polar surface area (TPSA) is 37.8 Å². The third-order valence-corrected chi connectivity index (χ3v) is 2.52. The van der Waals surface area contributed by atoms with E-state index in [0.717, 1.165) is 12.4 Å². The molecule has 82 valence electrons. The van der Waals surface area contributed by atoms with Gasteiger partial charge in [0.1, 0.15) is 5.82 Å².